The Kier molecular flexibility index (Phi) is 2.33. The third-order valence-electron chi connectivity index (χ3n) is 4.94. The molecule has 1 heteroatoms. The fourth-order valence-electron chi connectivity index (χ4n) is 4.11. The van der Waals surface area contributed by atoms with Crippen molar-refractivity contribution < 1.29 is 0 Å². The van der Waals surface area contributed by atoms with Crippen LogP contribution >= 0.6 is 0 Å². The van der Waals surface area contributed by atoms with Crippen LogP contribution in [0.5, 0.6) is 0 Å². The van der Waals surface area contributed by atoms with E-state index in [9.17, 15) is 0 Å². The van der Waals surface area contributed by atoms with Crippen LogP contribution in [-0.4, -0.2) is 25.0 Å². The Morgan fingerprint density at radius 2 is 1.26 bits per heavy atom. The van der Waals surface area contributed by atoms with Crippen LogP contribution in [0, 0.1) is 0 Å². The molecule has 5 rings (SSSR count). The van der Waals surface area contributed by atoms with Crippen LogP contribution in [0.25, 0.3) is 0 Å². The van der Waals surface area contributed by atoms with Gasteiger partial charge in [-0.1, -0.05) is 48.5 Å². The van der Waals surface area contributed by atoms with Gasteiger partial charge in [-0.15, -0.1) is 0 Å². The van der Waals surface area contributed by atoms with Gasteiger partial charge in [0.1, 0.15) is 0 Å². The van der Waals surface area contributed by atoms with Crippen LogP contribution in [0.2, 0.25) is 0 Å². The van der Waals surface area contributed by atoms with Gasteiger partial charge in [-0.25, -0.2) is 0 Å². The van der Waals surface area contributed by atoms with Crippen molar-refractivity contribution in [1.82, 2.24) is 4.90 Å². The molecule has 3 aliphatic rings. The van der Waals surface area contributed by atoms with Gasteiger partial charge in [-0.2, -0.15) is 0 Å². The highest BCUT2D eigenvalue weighted by Crippen LogP contribution is 2.53. The van der Waals surface area contributed by atoms with E-state index in [1.54, 1.807) is 22.3 Å². The SMILES string of the molecule is CN(C)[C@H]1CC2c3ccccc3C1c1ccccc12. The summed E-state index contributed by atoms with van der Waals surface area (Å²) in [5, 5.41) is 0. The maximum absolute atomic E-state index is 2.41. The molecule has 0 unspecified atom stereocenters. The quantitative estimate of drug-likeness (QED) is 0.746. The predicted molar refractivity (Wildman–Crippen MR) is 78.7 cm³/mol. The van der Waals surface area contributed by atoms with Crippen molar-refractivity contribution in [3.63, 3.8) is 0 Å². The Labute approximate surface area is 114 Å². The highest BCUT2D eigenvalue weighted by atomic mass is 15.1. The summed E-state index contributed by atoms with van der Waals surface area (Å²) in [6, 6.07) is 18.7. The van der Waals surface area contributed by atoms with Crippen LogP contribution in [-0.2, 0) is 0 Å². The topological polar surface area (TPSA) is 3.24 Å². The van der Waals surface area contributed by atoms with Crippen LogP contribution < -0.4 is 0 Å². The number of nitrogens with zero attached hydrogens (tertiary/aromatic N) is 1. The molecule has 0 amide bonds. The second kappa shape index (κ2) is 3.94. The van der Waals surface area contributed by atoms with Gasteiger partial charge in [0.2, 0.25) is 0 Å². The summed E-state index contributed by atoms with van der Waals surface area (Å²) < 4.78 is 0. The molecule has 0 saturated heterocycles. The smallest absolute Gasteiger partial charge is 0.0251 e. The molecule has 0 N–H and O–H groups in total. The average molecular weight is 249 g/mol. The van der Waals surface area contributed by atoms with E-state index in [1.165, 1.54) is 6.42 Å². The molecule has 0 aromatic heterocycles. The highest BCUT2D eigenvalue weighted by molar-refractivity contribution is 5.56. The molecular weight excluding hydrogens is 230 g/mol. The molecule has 3 aliphatic carbocycles. The first kappa shape index (κ1) is 11.2. The normalized spacial score (nSPS) is 27.2. The summed E-state index contributed by atoms with van der Waals surface area (Å²) in [4.78, 5) is 2.41. The lowest BCUT2D eigenvalue weighted by Gasteiger charge is -2.47. The van der Waals surface area contributed by atoms with Gasteiger partial charge in [-0.3, -0.25) is 0 Å². The molecule has 1 atom stereocenters. The standard InChI is InChI=1S/C18H19N/c1-19(2)17-11-16-12-7-3-5-9-14(12)18(17)15-10-6-4-8-13(15)16/h3-10,16-18H,11H2,1-2H3/t16?,17-,18?/m0/s1. The van der Waals surface area contributed by atoms with E-state index in [0.717, 1.165) is 0 Å². The third-order valence-corrected chi connectivity index (χ3v) is 4.94. The van der Waals surface area contributed by atoms with Crippen molar-refractivity contribution >= 4 is 0 Å². The Morgan fingerprint density at radius 3 is 1.74 bits per heavy atom. The minimum Gasteiger partial charge on any atom is -0.305 e. The van der Waals surface area contributed by atoms with E-state index in [-0.39, 0.29) is 0 Å². The Balaban J connectivity index is 1.98. The summed E-state index contributed by atoms with van der Waals surface area (Å²) in [7, 11) is 4.44. The molecule has 1 nitrogen and oxygen atoms in total. The molecule has 0 spiro atoms. The zero-order chi connectivity index (χ0) is 13.0. The molecule has 0 aliphatic heterocycles. The number of hydrogen-bond donors (Lipinski definition) is 0. The molecular formula is C18H19N. The first-order valence-corrected chi connectivity index (χ1v) is 7.11. The van der Waals surface area contributed by atoms with Gasteiger partial charge in [-0.05, 0) is 42.8 Å². The molecule has 2 bridgehead atoms. The lowest BCUT2D eigenvalue weighted by Crippen LogP contribution is -2.43. The van der Waals surface area contributed by atoms with E-state index in [0.29, 0.717) is 17.9 Å². The van der Waals surface area contributed by atoms with Gasteiger partial charge < -0.3 is 4.90 Å². The molecule has 0 saturated carbocycles. The number of likely N-dealkylation sites (N-methyl/N-ethyl adjacent to an activating group) is 1. The summed E-state index contributed by atoms with van der Waals surface area (Å²) >= 11 is 0. The molecule has 0 heterocycles. The van der Waals surface area contributed by atoms with Crippen molar-refractivity contribution in [3.05, 3.63) is 70.8 Å². The molecule has 96 valence electrons. The zero-order valence-corrected chi connectivity index (χ0v) is 11.5. The average Bonchev–Trinajstić information content (AvgIpc) is 2.47. The summed E-state index contributed by atoms with van der Waals surface area (Å²) in [6.07, 6.45) is 1.26. The number of fused-ring (bicyclic) bond motifs is 1. The minimum absolute atomic E-state index is 0.549. The largest absolute Gasteiger partial charge is 0.305 e. The molecule has 0 fully saturated rings. The Hall–Kier alpha value is -1.60. The van der Waals surface area contributed by atoms with Gasteiger partial charge in [0, 0.05) is 17.9 Å². The second-order valence-corrected chi connectivity index (χ2v) is 6.05. The van der Waals surface area contributed by atoms with E-state index in [4.69, 9.17) is 0 Å². The van der Waals surface area contributed by atoms with E-state index in [1.807, 2.05) is 0 Å². The van der Waals surface area contributed by atoms with E-state index in [2.05, 4.69) is 67.5 Å². The van der Waals surface area contributed by atoms with Crippen molar-refractivity contribution in [1.29, 1.82) is 0 Å². The van der Waals surface area contributed by atoms with Crippen molar-refractivity contribution in [2.75, 3.05) is 14.1 Å². The second-order valence-electron chi connectivity index (χ2n) is 6.05. The molecule has 0 radical (unpaired) electrons. The summed E-state index contributed by atoms with van der Waals surface area (Å²) in [5.74, 6) is 1.14. The molecule has 2 aromatic rings. The Bertz CT molecular complexity index is 582. The third kappa shape index (κ3) is 1.45. The summed E-state index contributed by atoms with van der Waals surface area (Å²) in [6.45, 7) is 0. The maximum atomic E-state index is 2.41. The van der Waals surface area contributed by atoms with Gasteiger partial charge in [0.25, 0.3) is 0 Å². The number of benzene rings is 2. The Morgan fingerprint density at radius 1 is 0.789 bits per heavy atom. The first-order valence-electron chi connectivity index (χ1n) is 7.11. The number of rotatable bonds is 1. The monoisotopic (exact) mass is 249 g/mol. The highest BCUT2D eigenvalue weighted by Gasteiger charge is 2.43. The minimum atomic E-state index is 0.549. The van der Waals surface area contributed by atoms with Crippen LogP contribution in [0.1, 0.15) is 40.5 Å². The fourth-order valence-corrected chi connectivity index (χ4v) is 4.11. The van der Waals surface area contributed by atoms with Gasteiger partial charge in [0.15, 0.2) is 0 Å². The lowest BCUT2D eigenvalue weighted by molar-refractivity contribution is 0.223. The van der Waals surface area contributed by atoms with Crippen molar-refractivity contribution in [2.45, 2.75) is 24.3 Å². The zero-order valence-electron chi connectivity index (χ0n) is 11.5. The van der Waals surface area contributed by atoms with Crippen LogP contribution in [0.15, 0.2) is 48.5 Å². The van der Waals surface area contributed by atoms with E-state index >= 15 is 0 Å². The predicted octanol–water partition coefficient (Wildman–Crippen LogP) is 3.60. The van der Waals surface area contributed by atoms with Crippen molar-refractivity contribution in [2.24, 2.45) is 0 Å². The molecule has 2 aromatic carbocycles. The fraction of sp³-hybridized carbons (Fsp3) is 0.333. The first-order chi connectivity index (χ1) is 9.27. The van der Waals surface area contributed by atoms with Crippen LogP contribution in [0.3, 0.4) is 0 Å². The van der Waals surface area contributed by atoms with Crippen molar-refractivity contribution in [3.8, 4) is 0 Å². The lowest BCUT2D eigenvalue weighted by atomic mass is 9.61. The summed E-state index contributed by atoms with van der Waals surface area (Å²) in [5.41, 5.74) is 6.22. The number of hydrogen-bond acceptors (Lipinski definition) is 1. The van der Waals surface area contributed by atoms with Gasteiger partial charge >= 0.3 is 0 Å². The van der Waals surface area contributed by atoms with E-state index < -0.39 is 0 Å². The van der Waals surface area contributed by atoms with Gasteiger partial charge in [0.05, 0.1) is 0 Å². The maximum Gasteiger partial charge on any atom is 0.0251 e. The van der Waals surface area contributed by atoms with Crippen LogP contribution in [0.4, 0.5) is 0 Å². The molecule has 19 heavy (non-hydrogen) atoms.